The van der Waals surface area contributed by atoms with Gasteiger partial charge in [0, 0.05) is 33.1 Å². The summed E-state index contributed by atoms with van der Waals surface area (Å²) in [5.74, 6) is 0.791. The van der Waals surface area contributed by atoms with E-state index in [0.717, 1.165) is 45.2 Å². The molecule has 2 N–H and O–H groups in total. The van der Waals surface area contributed by atoms with Crippen molar-refractivity contribution in [2.24, 2.45) is 5.92 Å². The van der Waals surface area contributed by atoms with Crippen LogP contribution < -0.4 is 10.6 Å². The van der Waals surface area contributed by atoms with Crippen LogP contribution in [0.2, 0.25) is 0 Å². The first-order valence-electron chi connectivity index (χ1n) is 7.42. The first-order chi connectivity index (χ1) is 9.74. The van der Waals surface area contributed by atoms with E-state index in [1.807, 2.05) is 0 Å². The van der Waals surface area contributed by atoms with Crippen molar-refractivity contribution in [2.45, 2.75) is 26.3 Å². The van der Waals surface area contributed by atoms with E-state index in [2.05, 4.69) is 32.4 Å². The van der Waals surface area contributed by atoms with Gasteiger partial charge in [0.25, 0.3) is 0 Å². The SMILES string of the molecule is CC(=O)NCCN(Cc1ccsc1)CC1CCCNC1. The average Bonchev–Trinajstić information content (AvgIpc) is 2.92. The van der Waals surface area contributed by atoms with E-state index in [1.165, 1.54) is 18.4 Å². The number of nitrogens with zero attached hydrogens (tertiary/aromatic N) is 1. The summed E-state index contributed by atoms with van der Waals surface area (Å²) >= 11 is 1.75. The highest BCUT2D eigenvalue weighted by Gasteiger charge is 2.17. The van der Waals surface area contributed by atoms with Crippen LogP contribution >= 0.6 is 11.3 Å². The van der Waals surface area contributed by atoms with E-state index in [0.29, 0.717) is 0 Å². The Morgan fingerprint density at radius 3 is 3.15 bits per heavy atom. The van der Waals surface area contributed by atoms with Gasteiger partial charge in [-0.15, -0.1) is 0 Å². The number of carbonyl (C=O) groups excluding carboxylic acids is 1. The molecule has 112 valence electrons. The molecule has 0 spiro atoms. The van der Waals surface area contributed by atoms with Crippen LogP contribution in [-0.4, -0.2) is 43.5 Å². The van der Waals surface area contributed by atoms with Crippen molar-refractivity contribution in [2.75, 3.05) is 32.7 Å². The maximum atomic E-state index is 11.0. The molecule has 4 nitrogen and oxygen atoms in total. The lowest BCUT2D eigenvalue weighted by molar-refractivity contribution is -0.119. The van der Waals surface area contributed by atoms with Crippen LogP contribution in [0.15, 0.2) is 16.8 Å². The molecule has 20 heavy (non-hydrogen) atoms. The Morgan fingerprint density at radius 2 is 2.50 bits per heavy atom. The monoisotopic (exact) mass is 295 g/mol. The third kappa shape index (κ3) is 5.61. The second-order valence-electron chi connectivity index (χ2n) is 5.56. The molecule has 5 heteroatoms. The van der Waals surface area contributed by atoms with Crippen molar-refractivity contribution in [3.63, 3.8) is 0 Å². The lowest BCUT2D eigenvalue weighted by Gasteiger charge is -2.30. The third-order valence-corrected chi connectivity index (χ3v) is 4.44. The van der Waals surface area contributed by atoms with Crippen LogP contribution in [0.4, 0.5) is 0 Å². The summed E-state index contributed by atoms with van der Waals surface area (Å²) in [4.78, 5) is 13.5. The van der Waals surface area contributed by atoms with Gasteiger partial charge in [-0.05, 0) is 54.2 Å². The third-order valence-electron chi connectivity index (χ3n) is 3.70. The van der Waals surface area contributed by atoms with Crippen molar-refractivity contribution < 1.29 is 4.79 Å². The predicted octanol–water partition coefficient (Wildman–Crippen LogP) is 1.69. The maximum absolute atomic E-state index is 11.0. The summed E-state index contributed by atoms with van der Waals surface area (Å²) in [5, 5.41) is 10.7. The molecule has 1 atom stereocenters. The van der Waals surface area contributed by atoms with E-state index >= 15 is 0 Å². The summed E-state index contributed by atoms with van der Waals surface area (Å²) < 4.78 is 0. The molecular weight excluding hydrogens is 270 g/mol. The summed E-state index contributed by atoms with van der Waals surface area (Å²) in [6.45, 7) is 7.62. The van der Waals surface area contributed by atoms with E-state index in [9.17, 15) is 4.79 Å². The Balaban J connectivity index is 1.83. The number of nitrogens with one attached hydrogen (secondary N) is 2. The van der Waals surface area contributed by atoms with Gasteiger partial charge in [-0.1, -0.05) is 0 Å². The molecule has 2 heterocycles. The van der Waals surface area contributed by atoms with Crippen molar-refractivity contribution in [1.82, 2.24) is 15.5 Å². The molecule has 0 saturated carbocycles. The summed E-state index contributed by atoms with van der Waals surface area (Å²) in [6, 6.07) is 2.19. The molecule has 0 aliphatic carbocycles. The smallest absolute Gasteiger partial charge is 0.216 e. The predicted molar refractivity (Wildman–Crippen MR) is 83.9 cm³/mol. The second kappa shape index (κ2) is 8.39. The normalized spacial score (nSPS) is 19.2. The number of hydrogen-bond donors (Lipinski definition) is 2. The van der Waals surface area contributed by atoms with E-state index in [1.54, 1.807) is 18.3 Å². The standard InChI is InChI=1S/C15H25N3OS/c1-13(19)17-6-7-18(11-15-4-8-20-12-15)10-14-3-2-5-16-9-14/h4,8,12,14,16H,2-3,5-7,9-11H2,1H3,(H,17,19). The molecule has 0 aromatic carbocycles. The van der Waals surface area contributed by atoms with Crippen LogP contribution in [0.1, 0.15) is 25.3 Å². The Kier molecular flexibility index (Phi) is 6.50. The van der Waals surface area contributed by atoms with E-state index < -0.39 is 0 Å². The second-order valence-corrected chi connectivity index (χ2v) is 6.34. The molecule has 1 aliphatic heterocycles. The number of thiophene rings is 1. The summed E-state index contributed by atoms with van der Waals surface area (Å²) in [6.07, 6.45) is 2.59. The molecule has 1 aromatic heterocycles. The molecule has 1 unspecified atom stereocenters. The highest BCUT2D eigenvalue weighted by molar-refractivity contribution is 7.07. The fraction of sp³-hybridized carbons (Fsp3) is 0.667. The average molecular weight is 295 g/mol. The lowest BCUT2D eigenvalue weighted by atomic mass is 9.99. The minimum atomic E-state index is 0.0554. The largest absolute Gasteiger partial charge is 0.355 e. The Bertz CT molecular complexity index is 388. The van der Waals surface area contributed by atoms with Crippen molar-refractivity contribution in [3.05, 3.63) is 22.4 Å². The zero-order chi connectivity index (χ0) is 14.2. The molecule has 0 bridgehead atoms. The maximum Gasteiger partial charge on any atom is 0.216 e. The minimum Gasteiger partial charge on any atom is -0.355 e. The summed E-state index contributed by atoms with van der Waals surface area (Å²) in [5.41, 5.74) is 1.38. The Labute approximate surface area is 125 Å². The first kappa shape index (κ1) is 15.5. The number of piperidine rings is 1. The number of carbonyl (C=O) groups is 1. The zero-order valence-corrected chi connectivity index (χ0v) is 13.0. The van der Waals surface area contributed by atoms with Crippen LogP contribution in [0.5, 0.6) is 0 Å². The summed E-state index contributed by atoms with van der Waals surface area (Å²) in [7, 11) is 0. The van der Waals surface area contributed by atoms with E-state index in [4.69, 9.17) is 0 Å². The van der Waals surface area contributed by atoms with Gasteiger partial charge in [0.2, 0.25) is 5.91 Å². The molecule has 2 rings (SSSR count). The number of amides is 1. The Hall–Kier alpha value is -0.910. The van der Waals surface area contributed by atoms with Gasteiger partial charge in [0.15, 0.2) is 0 Å². The number of hydrogen-bond acceptors (Lipinski definition) is 4. The van der Waals surface area contributed by atoms with Crippen LogP contribution in [-0.2, 0) is 11.3 Å². The molecular formula is C15H25N3OS. The first-order valence-corrected chi connectivity index (χ1v) is 8.37. The Morgan fingerprint density at radius 1 is 1.60 bits per heavy atom. The number of rotatable bonds is 7. The van der Waals surface area contributed by atoms with Gasteiger partial charge in [-0.3, -0.25) is 9.69 Å². The lowest BCUT2D eigenvalue weighted by Crippen LogP contribution is -2.40. The molecule has 1 saturated heterocycles. The van der Waals surface area contributed by atoms with Crippen molar-refractivity contribution in [1.29, 1.82) is 0 Å². The highest BCUT2D eigenvalue weighted by atomic mass is 32.1. The van der Waals surface area contributed by atoms with Gasteiger partial charge >= 0.3 is 0 Å². The van der Waals surface area contributed by atoms with Crippen LogP contribution in [0.3, 0.4) is 0 Å². The molecule has 1 amide bonds. The molecule has 1 aliphatic rings. The van der Waals surface area contributed by atoms with Crippen LogP contribution in [0, 0.1) is 5.92 Å². The minimum absolute atomic E-state index is 0.0554. The van der Waals surface area contributed by atoms with Crippen LogP contribution in [0.25, 0.3) is 0 Å². The fourth-order valence-corrected chi connectivity index (χ4v) is 3.37. The molecule has 0 radical (unpaired) electrons. The fourth-order valence-electron chi connectivity index (χ4n) is 2.71. The molecule has 1 fully saturated rings. The quantitative estimate of drug-likeness (QED) is 0.804. The molecule has 1 aromatic rings. The zero-order valence-electron chi connectivity index (χ0n) is 12.2. The van der Waals surface area contributed by atoms with Crippen molar-refractivity contribution >= 4 is 17.2 Å². The van der Waals surface area contributed by atoms with Gasteiger partial charge < -0.3 is 10.6 Å². The van der Waals surface area contributed by atoms with Gasteiger partial charge in [0.05, 0.1) is 0 Å². The van der Waals surface area contributed by atoms with Crippen molar-refractivity contribution in [3.8, 4) is 0 Å². The van der Waals surface area contributed by atoms with Gasteiger partial charge in [0.1, 0.15) is 0 Å². The topological polar surface area (TPSA) is 44.4 Å². The van der Waals surface area contributed by atoms with Gasteiger partial charge in [-0.25, -0.2) is 0 Å². The van der Waals surface area contributed by atoms with Gasteiger partial charge in [-0.2, -0.15) is 11.3 Å². The van der Waals surface area contributed by atoms with E-state index in [-0.39, 0.29) is 5.91 Å². The highest BCUT2D eigenvalue weighted by Crippen LogP contribution is 2.15.